The molecule has 0 saturated carbocycles. The van der Waals surface area contributed by atoms with Gasteiger partial charge in [0, 0.05) is 27.7 Å². The summed E-state index contributed by atoms with van der Waals surface area (Å²) in [5.41, 5.74) is 0.113. The Morgan fingerprint density at radius 2 is 2.10 bits per heavy atom. The van der Waals surface area contributed by atoms with Crippen molar-refractivity contribution >= 4 is 23.6 Å². The summed E-state index contributed by atoms with van der Waals surface area (Å²) < 4.78 is 32.9. The van der Waals surface area contributed by atoms with Crippen LogP contribution in [0.1, 0.15) is 31.9 Å². The number of halogens is 2. The van der Waals surface area contributed by atoms with E-state index in [9.17, 15) is 28.6 Å². The van der Waals surface area contributed by atoms with E-state index in [1.165, 1.54) is 35.7 Å². The van der Waals surface area contributed by atoms with Gasteiger partial charge in [0.25, 0.3) is 0 Å². The van der Waals surface area contributed by atoms with Crippen LogP contribution >= 0.6 is 11.8 Å². The largest absolute Gasteiger partial charge is 1.00 e. The van der Waals surface area contributed by atoms with Crippen LogP contribution in [-0.2, 0) is 14.3 Å². The number of amides is 1. The summed E-state index contributed by atoms with van der Waals surface area (Å²) in [6.45, 7) is 3.61. The average molecular weight is 447 g/mol. The molecule has 0 bridgehead atoms. The van der Waals surface area contributed by atoms with Crippen LogP contribution in [0.5, 0.6) is 0 Å². The van der Waals surface area contributed by atoms with Crippen molar-refractivity contribution in [2.75, 3.05) is 6.61 Å². The summed E-state index contributed by atoms with van der Waals surface area (Å²) >= 11 is 1.29. The second-order valence-corrected chi connectivity index (χ2v) is 9.06. The Bertz CT molecular complexity index is 911. The molecule has 1 aromatic rings. The third-order valence-electron chi connectivity index (χ3n) is 5.87. The number of rotatable bonds is 5. The van der Waals surface area contributed by atoms with Crippen LogP contribution in [0.3, 0.4) is 0 Å². The second-order valence-electron chi connectivity index (χ2n) is 7.72. The van der Waals surface area contributed by atoms with Crippen LogP contribution < -0.4 is 34.7 Å². The zero-order valence-electron chi connectivity index (χ0n) is 16.8. The minimum Gasteiger partial charge on any atom is -0.543 e. The van der Waals surface area contributed by atoms with Crippen LogP contribution in [-0.4, -0.2) is 45.9 Å². The van der Waals surface area contributed by atoms with Crippen LogP contribution in [0.15, 0.2) is 28.8 Å². The smallest absolute Gasteiger partial charge is 0.543 e. The van der Waals surface area contributed by atoms with Gasteiger partial charge >= 0.3 is 29.6 Å². The quantitative estimate of drug-likeness (QED) is 0.430. The molecule has 0 aromatic heterocycles. The molecule has 6 nitrogen and oxygen atoms in total. The molecule has 3 aliphatic rings. The Hall–Kier alpha value is -0.970. The second kappa shape index (κ2) is 8.88. The average Bonchev–Trinajstić information content (AvgIpc) is 3.17. The summed E-state index contributed by atoms with van der Waals surface area (Å²) in [6, 6.07) is 2.92. The van der Waals surface area contributed by atoms with Gasteiger partial charge in [0.2, 0.25) is 5.91 Å². The van der Waals surface area contributed by atoms with Crippen molar-refractivity contribution in [3.8, 4) is 0 Å². The zero-order valence-corrected chi connectivity index (χ0v) is 19.6. The number of hydrogen-bond acceptors (Lipinski definition) is 6. The summed E-state index contributed by atoms with van der Waals surface area (Å²) in [5.74, 6) is -4.11. The molecule has 10 heteroatoms. The summed E-state index contributed by atoms with van der Waals surface area (Å²) in [7, 11) is 0. The molecule has 156 valence electrons. The van der Waals surface area contributed by atoms with E-state index in [1.807, 2.05) is 6.92 Å². The monoisotopic (exact) mass is 447 g/mol. The van der Waals surface area contributed by atoms with Crippen molar-refractivity contribution in [2.24, 2.45) is 11.8 Å². The molecule has 1 amide bonds. The van der Waals surface area contributed by atoms with Crippen molar-refractivity contribution in [1.82, 2.24) is 4.90 Å². The summed E-state index contributed by atoms with van der Waals surface area (Å²) in [4.78, 5) is 25.8. The van der Waals surface area contributed by atoms with E-state index in [2.05, 4.69) is 0 Å². The standard InChI is InChI=1S/C20H21F2NO5S.Na/c1-8-16-15(9(2)24)19(25)23(16)17(20(26)27)18(8)29-11-6-14(28-7-11)12-4-3-10(21)5-13(12)22;/h3-5,8-9,11,14-16,24H,6-7H2,1-2H3,(H,26,27);/q;+1/p-1/t8-,9?,11-,14?,15+,16-;/m1./s1. The SMILES string of the molecule is CC(O)[C@@H]1C(=O)N2C(C(=O)[O-])=C(S[C@H]3COC(c4ccc(F)cc4F)C3)[C@H](C)[C@H]12.[Na+]. The first-order chi connectivity index (χ1) is 13.7. The Balaban J connectivity index is 0.00000256. The van der Waals surface area contributed by atoms with Gasteiger partial charge in [-0.2, -0.15) is 0 Å². The van der Waals surface area contributed by atoms with E-state index in [0.717, 1.165) is 6.07 Å². The zero-order chi connectivity index (χ0) is 21.0. The maximum absolute atomic E-state index is 14.0. The fraction of sp³-hybridized carbons (Fsp3) is 0.500. The van der Waals surface area contributed by atoms with E-state index in [4.69, 9.17) is 4.74 Å². The predicted molar refractivity (Wildman–Crippen MR) is 98.0 cm³/mol. The molecule has 0 radical (unpaired) electrons. The molecule has 30 heavy (non-hydrogen) atoms. The Morgan fingerprint density at radius 1 is 1.40 bits per heavy atom. The molecule has 1 N–H and O–H groups in total. The number of aliphatic carboxylic acids is 1. The Morgan fingerprint density at radius 3 is 2.70 bits per heavy atom. The molecule has 3 aliphatic heterocycles. The third kappa shape index (κ3) is 3.84. The Kier molecular flexibility index (Phi) is 7.01. The number of nitrogens with zero attached hydrogens (tertiary/aromatic N) is 1. The van der Waals surface area contributed by atoms with E-state index in [0.29, 0.717) is 11.3 Å². The molecule has 6 atom stereocenters. The molecule has 1 aromatic carbocycles. The van der Waals surface area contributed by atoms with Gasteiger partial charge in [-0.05, 0) is 19.4 Å². The number of carbonyl (C=O) groups excluding carboxylic acids is 2. The van der Waals surface area contributed by atoms with E-state index in [1.54, 1.807) is 0 Å². The van der Waals surface area contributed by atoms with Crippen LogP contribution in [0.25, 0.3) is 0 Å². The minimum atomic E-state index is -1.43. The molecular formula is C20H20F2NNaO5S. The Labute approximate surface area is 198 Å². The van der Waals surface area contributed by atoms with Crippen molar-refractivity contribution in [3.05, 3.63) is 46.0 Å². The predicted octanol–water partition coefficient (Wildman–Crippen LogP) is -1.65. The van der Waals surface area contributed by atoms with Gasteiger partial charge in [-0.15, -0.1) is 11.8 Å². The third-order valence-corrected chi connectivity index (χ3v) is 7.35. The molecule has 3 heterocycles. The van der Waals surface area contributed by atoms with Crippen molar-refractivity contribution in [3.63, 3.8) is 0 Å². The molecule has 4 rings (SSSR count). The summed E-state index contributed by atoms with van der Waals surface area (Å²) in [6.07, 6.45) is -1.01. The number of fused-ring (bicyclic) bond motifs is 1. The topological polar surface area (TPSA) is 89.9 Å². The summed E-state index contributed by atoms with van der Waals surface area (Å²) in [5, 5.41) is 21.5. The number of thioether (sulfide) groups is 1. The maximum atomic E-state index is 14.0. The van der Waals surface area contributed by atoms with Crippen molar-refractivity contribution in [1.29, 1.82) is 0 Å². The number of carboxylic acid groups (broad SMARTS) is 1. The molecular weight excluding hydrogens is 427 g/mol. The van der Waals surface area contributed by atoms with E-state index >= 15 is 0 Å². The van der Waals surface area contributed by atoms with Crippen LogP contribution in [0.2, 0.25) is 0 Å². The van der Waals surface area contributed by atoms with Gasteiger partial charge in [-0.1, -0.05) is 13.0 Å². The fourth-order valence-electron chi connectivity index (χ4n) is 4.51. The minimum absolute atomic E-state index is 0. The number of aliphatic hydroxyl groups excluding tert-OH is 1. The number of benzene rings is 1. The first kappa shape index (κ1) is 23.7. The van der Waals surface area contributed by atoms with Gasteiger partial charge in [-0.25, -0.2) is 8.78 Å². The molecule has 2 unspecified atom stereocenters. The van der Waals surface area contributed by atoms with Gasteiger partial charge in [-0.3, -0.25) is 4.79 Å². The molecule has 0 aliphatic carbocycles. The number of β-lactam (4-membered cyclic amide) rings is 1. The van der Waals surface area contributed by atoms with Crippen LogP contribution in [0.4, 0.5) is 8.78 Å². The van der Waals surface area contributed by atoms with E-state index in [-0.39, 0.29) is 58.6 Å². The molecule has 2 fully saturated rings. The van der Waals surface area contributed by atoms with Gasteiger partial charge in [0.15, 0.2) is 0 Å². The van der Waals surface area contributed by atoms with Crippen molar-refractivity contribution in [2.45, 2.75) is 43.8 Å². The van der Waals surface area contributed by atoms with Crippen molar-refractivity contribution < 1.29 is 62.9 Å². The number of aliphatic hydroxyl groups is 1. The fourth-order valence-corrected chi connectivity index (χ4v) is 5.93. The number of carboxylic acids is 1. The van der Waals surface area contributed by atoms with E-state index < -0.39 is 47.7 Å². The maximum Gasteiger partial charge on any atom is 1.00 e. The number of ether oxygens (including phenoxy) is 1. The molecule has 2 saturated heterocycles. The van der Waals surface area contributed by atoms with Crippen LogP contribution in [0, 0.1) is 23.5 Å². The normalized spacial score (nSPS) is 31.3. The number of hydrogen-bond donors (Lipinski definition) is 1. The first-order valence-corrected chi connectivity index (χ1v) is 10.3. The van der Waals surface area contributed by atoms with Gasteiger partial charge < -0.3 is 24.6 Å². The van der Waals surface area contributed by atoms with Gasteiger partial charge in [0.1, 0.15) is 11.6 Å². The molecule has 0 spiro atoms. The van der Waals surface area contributed by atoms with Gasteiger partial charge in [0.05, 0.1) is 42.4 Å². The number of carbonyl (C=O) groups is 2. The first-order valence-electron chi connectivity index (χ1n) is 9.40.